The number of carbonyl (C=O) groups is 2. The van der Waals surface area contributed by atoms with Crippen LogP contribution in [-0.2, 0) is 0 Å². The fourth-order valence-electron chi connectivity index (χ4n) is 2.02. The summed E-state index contributed by atoms with van der Waals surface area (Å²) in [5.74, 6) is -0.343. The SMILES string of the molecule is CC.Cc1ccc(C(=O)NCC(=O)c2ccc(N(C)C)cc2)cc1. The molecule has 1 amide bonds. The maximum atomic E-state index is 12.1. The molecule has 1 N–H and O–H groups in total. The van der Waals surface area contributed by atoms with Gasteiger partial charge in [-0.05, 0) is 43.3 Å². The predicted octanol–water partition coefficient (Wildman–Crippen LogP) is 3.70. The summed E-state index contributed by atoms with van der Waals surface area (Å²) in [4.78, 5) is 26.0. The summed E-state index contributed by atoms with van der Waals surface area (Å²) in [6.07, 6.45) is 0. The van der Waals surface area contributed by atoms with Crippen molar-refractivity contribution in [3.63, 3.8) is 0 Å². The standard InChI is InChI=1S/C18H20N2O2.C2H6/c1-13-4-6-15(7-5-13)18(22)19-12-17(21)14-8-10-16(11-9-14)20(2)3;1-2/h4-11H,12H2,1-3H3,(H,19,22);1-2H3. The third-order valence-corrected chi connectivity index (χ3v) is 3.43. The monoisotopic (exact) mass is 326 g/mol. The van der Waals surface area contributed by atoms with Gasteiger partial charge in [-0.3, -0.25) is 9.59 Å². The van der Waals surface area contributed by atoms with Gasteiger partial charge in [-0.15, -0.1) is 0 Å². The Labute approximate surface area is 144 Å². The van der Waals surface area contributed by atoms with Crippen molar-refractivity contribution in [2.75, 3.05) is 25.5 Å². The van der Waals surface area contributed by atoms with E-state index in [1.807, 2.05) is 64.0 Å². The first-order chi connectivity index (χ1) is 11.5. The molecule has 24 heavy (non-hydrogen) atoms. The minimum Gasteiger partial charge on any atom is -0.378 e. The number of ketones is 1. The number of nitrogens with zero attached hydrogens (tertiary/aromatic N) is 1. The van der Waals surface area contributed by atoms with E-state index in [0.717, 1.165) is 11.3 Å². The maximum absolute atomic E-state index is 12.1. The molecule has 0 saturated heterocycles. The Morgan fingerprint density at radius 3 is 1.88 bits per heavy atom. The largest absolute Gasteiger partial charge is 0.378 e. The van der Waals surface area contributed by atoms with Crippen LogP contribution in [0.1, 0.15) is 40.1 Å². The molecule has 0 heterocycles. The molecule has 128 valence electrons. The van der Waals surface area contributed by atoms with Crippen LogP contribution in [0.5, 0.6) is 0 Å². The number of anilines is 1. The van der Waals surface area contributed by atoms with Crippen LogP contribution in [0.15, 0.2) is 48.5 Å². The zero-order valence-corrected chi connectivity index (χ0v) is 15.1. The van der Waals surface area contributed by atoms with Gasteiger partial charge in [0.25, 0.3) is 5.91 Å². The Bertz CT molecular complexity index is 659. The van der Waals surface area contributed by atoms with Crippen LogP contribution in [0, 0.1) is 6.92 Å². The van der Waals surface area contributed by atoms with Gasteiger partial charge in [0.15, 0.2) is 5.78 Å². The van der Waals surface area contributed by atoms with Crippen molar-refractivity contribution < 1.29 is 9.59 Å². The lowest BCUT2D eigenvalue weighted by atomic mass is 10.1. The van der Waals surface area contributed by atoms with Gasteiger partial charge >= 0.3 is 0 Å². The molecule has 0 atom stereocenters. The zero-order valence-electron chi connectivity index (χ0n) is 15.1. The molecule has 2 aromatic rings. The van der Waals surface area contributed by atoms with Crippen molar-refractivity contribution >= 4 is 17.4 Å². The van der Waals surface area contributed by atoms with E-state index in [1.54, 1.807) is 24.3 Å². The number of nitrogens with one attached hydrogen (secondary N) is 1. The summed E-state index contributed by atoms with van der Waals surface area (Å²) in [6, 6.07) is 14.6. The number of amides is 1. The lowest BCUT2D eigenvalue weighted by Gasteiger charge is -2.12. The second-order valence-corrected chi connectivity index (χ2v) is 5.41. The zero-order chi connectivity index (χ0) is 18.1. The highest BCUT2D eigenvalue weighted by Gasteiger charge is 2.10. The van der Waals surface area contributed by atoms with Gasteiger partial charge in [-0.1, -0.05) is 31.5 Å². The van der Waals surface area contributed by atoms with Crippen molar-refractivity contribution in [2.45, 2.75) is 20.8 Å². The molecule has 4 nitrogen and oxygen atoms in total. The normalized spacial score (nSPS) is 9.54. The van der Waals surface area contributed by atoms with E-state index >= 15 is 0 Å². The smallest absolute Gasteiger partial charge is 0.251 e. The molecule has 0 bridgehead atoms. The Hall–Kier alpha value is -2.62. The molecule has 0 unspecified atom stereocenters. The van der Waals surface area contributed by atoms with Gasteiger partial charge in [0.05, 0.1) is 6.54 Å². The van der Waals surface area contributed by atoms with Crippen LogP contribution in [-0.4, -0.2) is 32.3 Å². The van der Waals surface area contributed by atoms with Gasteiger partial charge in [-0.2, -0.15) is 0 Å². The van der Waals surface area contributed by atoms with Gasteiger partial charge in [-0.25, -0.2) is 0 Å². The maximum Gasteiger partial charge on any atom is 0.251 e. The summed E-state index contributed by atoms with van der Waals surface area (Å²) in [7, 11) is 3.89. The lowest BCUT2D eigenvalue weighted by molar-refractivity contribution is 0.0904. The first-order valence-corrected chi connectivity index (χ1v) is 8.13. The second kappa shape index (κ2) is 9.50. The highest BCUT2D eigenvalue weighted by atomic mass is 16.2. The van der Waals surface area contributed by atoms with Crippen LogP contribution in [0.2, 0.25) is 0 Å². The average Bonchev–Trinajstić information content (AvgIpc) is 2.61. The fraction of sp³-hybridized carbons (Fsp3) is 0.300. The number of rotatable bonds is 5. The van der Waals surface area contributed by atoms with Gasteiger partial charge < -0.3 is 10.2 Å². The van der Waals surface area contributed by atoms with Crippen molar-refractivity contribution in [2.24, 2.45) is 0 Å². The number of hydrogen-bond donors (Lipinski definition) is 1. The predicted molar refractivity (Wildman–Crippen MR) is 100.0 cm³/mol. The fourth-order valence-corrected chi connectivity index (χ4v) is 2.02. The molecule has 2 aromatic carbocycles. The van der Waals surface area contributed by atoms with Crippen LogP contribution >= 0.6 is 0 Å². The number of carbonyl (C=O) groups excluding carboxylic acids is 2. The molecule has 0 fully saturated rings. The Morgan fingerprint density at radius 2 is 1.38 bits per heavy atom. The Balaban J connectivity index is 0.00000139. The van der Waals surface area contributed by atoms with Crippen molar-refractivity contribution in [1.29, 1.82) is 0 Å². The van der Waals surface area contributed by atoms with E-state index in [9.17, 15) is 9.59 Å². The molecule has 0 aliphatic heterocycles. The topological polar surface area (TPSA) is 49.4 Å². The molecule has 0 saturated carbocycles. The van der Waals surface area contributed by atoms with Gasteiger partial charge in [0.2, 0.25) is 0 Å². The molecule has 0 spiro atoms. The molecule has 2 rings (SSSR count). The number of benzene rings is 2. The molecule has 0 aromatic heterocycles. The molecule has 0 radical (unpaired) electrons. The molecular weight excluding hydrogens is 300 g/mol. The summed E-state index contributed by atoms with van der Waals surface area (Å²) in [6.45, 7) is 5.95. The number of aryl methyl sites for hydroxylation is 1. The quantitative estimate of drug-likeness (QED) is 0.852. The summed E-state index contributed by atoms with van der Waals surface area (Å²) >= 11 is 0. The van der Waals surface area contributed by atoms with Crippen molar-refractivity contribution in [3.05, 3.63) is 65.2 Å². The summed E-state index contributed by atoms with van der Waals surface area (Å²) in [5, 5.41) is 2.66. The van der Waals surface area contributed by atoms with E-state index < -0.39 is 0 Å². The summed E-state index contributed by atoms with van der Waals surface area (Å²) < 4.78 is 0. The van der Waals surface area contributed by atoms with Crippen molar-refractivity contribution in [3.8, 4) is 0 Å². The number of hydrogen-bond acceptors (Lipinski definition) is 3. The lowest BCUT2D eigenvalue weighted by Crippen LogP contribution is -2.29. The van der Waals surface area contributed by atoms with Gasteiger partial charge in [0, 0.05) is 30.9 Å². The van der Waals surface area contributed by atoms with E-state index in [4.69, 9.17) is 0 Å². The highest BCUT2D eigenvalue weighted by molar-refractivity contribution is 6.02. The highest BCUT2D eigenvalue weighted by Crippen LogP contribution is 2.12. The van der Waals surface area contributed by atoms with Crippen molar-refractivity contribution in [1.82, 2.24) is 5.32 Å². The van der Waals surface area contributed by atoms with E-state index in [1.165, 1.54) is 0 Å². The molecular formula is C20H26N2O2. The molecule has 0 aliphatic carbocycles. The third kappa shape index (κ3) is 5.54. The third-order valence-electron chi connectivity index (χ3n) is 3.43. The first kappa shape index (κ1) is 19.4. The van der Waals surface area contributed by atoms with E-state index in [2.05, 4.69) is 5.32 Å². The number of Topliss-reactive ketones (excluding diaryl/α,β-unsaturated/α-hetero) is 1. The first-order valence-electron chi connectivity index (χ1n) is 8.13. The van der Waals surface area contributed by atoms with Crippen LogP contribution in [0.3, 0.4) is 0 Å². The van der Waals surface area contributed by atoms with Crippen LogP contribution < -0.4 is 10.2 Å². The molecule has 4 heteroatoms. The Kier molecular flexibility index (Phi) is 7.69. The van der Waals surface area contributed by atoms with E-state index in [-0.39, 0.29) is 18.2 Å². The minimum atomic E-state index is -0.238. The second-order valence-electron chi connectivity index (χ2n) is 5.41. The van der Waals surface area contributed by atoms with E-state index in [0.29, 0.717) is 11.1 Å². The van der Waals surface area contributed by atoms with Crippen LogP contribution in [0.25, 0.3) is 0 Å². The Morgan fingerprint density at radius 1 is 0.875 bits per heavy atom. The van der Waals surface area contributed by atoms with Gasteiger partial charge in [0.1, 0.15) is 0 Å². The van der Waals surface area contributed by atoms with Crippen LogP contribution in [0.4, 0.5) is 5.69 Å². The molecule has 0 aliphatic rings. The minimum absolute atomic E-state index is 0.00593. The average molecular weight is 326 g/mol. The summed E-state index contributed by atoms with van der Waals surface area (Å²) in [5.41, 5.74) is 3.27.